The summed E-state index contributed by atoms with van der Waals surface area (Å²) in [5.41, 5.74) is 5.31. The molecular weight excluding hydrogens is 300 g/mol. The lowest BCUT2D eigenvalue weighted by atomic mass is 9.96. The molecule has 6 nitrogen and oxygen atoms in total. The van der Waals surface area contributed by atoms with E-state index in [1.165, 1.54) is 4.88 Å². The Bertz CT molecular complexity index is 496. The van der Waals surface area contributed by atoms with Crippen molar-refractivity contribution < 1.29 is 9.59 Å². The van der Waals surface area contributed by atoms with Gasteiger partial charge in [-0.2, -0.15) is 0 Å². The zero-order valence-electron chi connectivity index (χ0n) is 13.1. The first-order valence-electron chi connectivity index (χ1n) is 7.51. The van der Waals surface area contributed by atoms with Crippen LogP contribution in [0.1, 0.15) is 23.8 Å². The molecule has 1 aromatic rings. The molecule has 0 unspecified atom stereocenters. The highest BCUT2D eigenvalue weighted by Gasteiger charge is 2.26. The molecule has 3 amide bonds. The Morgan fingerprint density at radius 2 is 2.14 bits per heavy atom. The second kappa shape index (κ2) is 7.60. The van der Waals surface area contributed by atoms with Crippen LogP contribution in [0.4, 0.5) is 4.79 Å². The number of primary amides is 1. The molecule has 1 aromatic heterocycles. The maximum atomic E-state index is 12.3. The highest BCUT2D eigenvalue weighted by atomic mass is 32.1. The third-order valence-corrected chi connectivity index (χ3v) is 5.10. The van der Waals surface area contributed by atoms with Crippen LogP contribution in [0.2, 0.25) is 0 Å². The molecule has 0 bridgehead atoms. The van der Waals surface area contributed by atoms with E-state index in [0.717, 1.165) is 0 Å². The molecule has 0 spiro atoms. The summed E-state index contributed by atoms with van der Waals surface area (Å²) >= 11 is 1.69. The van der Waals surface area contributed by atoms with Gasteiger partial charge in [0, 0.05) is 30.4 Å². The number of likely N-dealkylation sites (tertiary alicyclic amines) is 1. The lowest BCUT2D eigenvalue weighted by Gasteiger charge is -2.31. The van der Waals surface area contributed by atoms with E-state index in [1.54, 1.807) is 16.2 Å². The van der Waals surface area contributed by atoms with Crippen LogP contribution >= 0.6 is 11.3 Å². The average Bonchev–Trinajstić information content (AvgIpc) is 3.01. The standard InChI is InChI=1S/C15H24N4O2S/c1-18(2)12(13-4-3-9-22-13)10-17-15(21)19-7-5-11(6-8-19)14(16)20/h3-4,9,11-12H,5-8,10H2,1-2H3,(H2,16,20)(H,17,21)/t12-/m1/s1. The Morgan fingerprint density at radius 3 is 2.64 bits per heavy atom. The van der Waals surface area contributed by atoms with Gasteiger partial charge >= 0.3 is 6.03 Å². The van der Waals surface area contributed by atoms with Gasteiger partial charge in [-0.05, 0) is 38.4 Å². The predicted octanol–water partition coefficient (Wildman–Crippen LogP) is 1.26. The molecule has 1 fully saturated rings. The number of likely N-dealkylation sites (N-methyl/N-ethyl adjacent to an activating group) is 1. The van der Waals surface area contributed by atoms with Crippen molar-refractivity contribution in [3.05, 3.63) is 22.4 Å². The minimum Gasteiger partial charge on any atom is -0.369 e. The van der Waals surface area contributed by atoms with Crippen LogP contribution in [0.15, 0.2) is 17.5 Å². The molecule has 1 saturated heterocycles. The molecule has 0 aromatic carbocycles. The second-order valence-corrected chi connectivity index (χ2v) is 6.82. The van der Waals surface area contributed by atoms with E-state index < -0.39 is 0 Å². The number of amides is 3. The van der Waals surface area contributed by atoms with E-state index in [0.29, 0.717) is 32.5 Å². The number of rotatable bonds is 5. The molecular formula is C15H24N4O2S. The molecule has 7 heteroatoms. The molecule has 0 radical (unpaired) electrons. The van der Waals surface area contributed by atoms with Crippen LogP contribution in [0, 0.1) is 5.92 Å². The van der Waals surface area contributed by atoms with Crippen molar-refractivity contribution in [1.82, 2.24) is 15.1 Å². The summed E-state index contributed by atoms with van der Waals surface area (Å²) in [5.74, 6) is -0.352. The Hall–Kier alpha value is -1.60. The monoisotopic (exact) mass is 324 g/mol. The predicted molar refractivity (Wildman–Crippen MR) is 87.6 cm³/mol. The molecule has 22 heavy (non-hydrogen) atoms. The molecule has 2 rings (SSSR count). The van der Waals surface area contributed by atoms with Gasteiger partial charge in [-0.25, -0.2) is 4.79 Å². The third kappa shape index (κ3) is 4.20. The molecule has 0 aliphatic carbocycles. The van der Waals surface area contributed by atoms with Gasteiger partial charge < -0.3 is 20.9 Å². The molecule has 0 saturated carbocycles. The SMILES string of the molecule is CN(C)[C@H](CNC(=O)N1CCC(C(N)=O)CC1)c1cccs1. The Labute approximate surface area is 135 Å². The maximum Gasteiger partial charge on any atom is 0.317 e. The molecule has 1 aliphatic rings. The quantitative estimate of drug-likeness (QED) is 0.856. The largest absolute Gasteiger partial charge is 0.369 e. The summed E-state index contributed by atoms with van der Waals surface area (Å²) in [6, 6.07) is 4.21. The van der Waals surface area contributed by atoms with Gasteiger partial charge in [0.15, 0.2) is 0 Å². The minimum atomic E-state index is -0.259. The van der Waals surface area contributed by atoms with Crippen molar-refractivity contribution in [3.63, 3.8) is 0 Å². The summed E-state index contributed by atoms with van der Waals surface area (Å²) in [5, 5.41) is 5.05. The highest BCUT2D eigenvalue weighted by molar-refractivity contribution is 7.10. The first-order valence-corrected chi connectivity index (χ1v) is 8.39. The van der Waals surface area contributed by atoms with Crippen LogP contribution in [0.3, 0.4) is 0 Å². The first-order chi connectivity index (χ1) is 10.5. The zero-order chi connectivity index (χ0) is 16.1. The number of thiophene rings is 1. The van der Waals surface area contributed by atoms with Gasteiger partial charge in [-0.3, -0.25) is 4.79 Å². The molecule has 1 atom stereocenters. The van der Waals surface area contributed by atoms with Crippen LogP contribution in [0.5, 0.6) is 0 Å². The number of carbonyl (C=O) groups is 2. The van der Waals surface area contributed by atoms with Crippen molar-refractivity contribution in [2.24, 2.45) is 11.7 Å². The molecule has 2 heterocycles. The van der Waals surface area contributed by atoms with Crippen molar-refractivity contribution in [2.75, 3.05) is 33.7 Å². The average molecular weight is 324 g/mol. The first kappa shape index (κ1) is 16.8. The van der Waals surface area contributed by atoms with E-state index in [9.17, 15) is 9.59 Å². The number of urea groups is 1. The summed E-state index contributed by atoms with van der Waals surface area (Å²) in [6.45, 7) is 1.75. The topological polar surface area (TPSA) is 78.7 Å². The number of carbonyl (C=O) groups excluding carboxylic acids is 2. The van der Waals surface area contributed by atoms with Gasteiger partial charge in [0.05, 0.1) is 6.04 Å². The third-order valence-electron chi connectivity index (χ3n) is 4.13. The normalized spacial score (nSPS) is 17.5. The summed E-state index contributed by atoms with van der Waals surface area (Å²) in [7, 11) is 4.02. The minimum absolute atomic E-state index is 0.0636. The summed E-state index contributed by atoms with van der Waals surface area (Å²) < 4.78 is 0. The van der Waals surface area contributed by atoms with Gasteiger partial charge in [-0.1, -0.05) is 6.07 Å². The van der Waals surface area contributed by atoms with E-state index in [4.69, 9.17) is 5.73 Å². The number of nitrogens with one attached hydrogen (secondary N) is 1. The van der Waals surface area contributed by atoms with Crippen LogP contribution in [-0.2, 0) is 4.79 Å². The number of nitrogens with two attached hydrogens (primary N) is 1. The van der Waals surface area contributed by atoms with Gasteiger partial charge in [-0.15, -0.1) is 11.3 Å². The highest BCUT2D eigenvalue weighted by Crippen LogP contribution is 2.22. The zero-order valence-corrected chi connectivity index (χ0v) is 13.9. The number of hydrogen-bond donors (Lipinski definition) is 2. The van der Waals surface area contributed by atoms with Crippen molar-refractivity contribution in [2.45, 2.75) is 18.9 Å². The smallest absolute Gasteiger partial charge is 0.317 e. The van der Waals surface area contributed by atoms with Gasteiger partial charge in [0.2, 0.25) is 5.91 Å². The van der Waals surface area contributed by atoms with Crippen molar-refractivity contribution in [3.8, 4) is 0 Å². The molecule has 122 valence electrons. The number of nitrogens with zero attached hydrogens (tertiary/aromatic N) is 2. The molecule has 3 N–H and O–H groups in total. The summed E-state index contributed by atoms with van der Waals surface area (Å²) in [4.78, 5) is 28.5. The lowest BCUT2D eigenvalue weighted by molar-refractivity contribution is -0.123. The van der Waals surface area contributed by atoms with Gasteiger partial charge in [0.25, 0.3) is 0 Å². The van der Waals surface area contributed by atoms with Crippen molar-refractivity contribution >= 4 is 23.3 Å². The number of piperidine rings is 1. The van der Waals surface area contributed by atoms with Crippen LogP contribution in [-0.4, -0.2) is 55.5 Å². The van der Waals surface area contributed by atoms with E-state index in [2.05, 4.69) is 16.3 Å². The fourth-order valence-corrected chi connectivity index (χ4v) is 3.60. The number of hydrogen-bond acceptors (Lipinski definition) is 4. The van der Waals surface area contributed by atoms with Crippen molar-refractivity contribution in [1.29, 1.82) is 0 Å². The fraction of sp³-hybridized carbons (Fsp3) is 0.600. The van der Waals surface area contributed by atoms with Crippen LogP contribution < -0.4 is 11.1 Å². The Balaban J connectivity index is 1.83. The Morgan fingerprint density at radius 1 is 1.45 bits per heavy atom. The fourth-order valence-electron chi connectivity index (χ4n) is 2.68. The maximum absolute atomic E-state index is 12.3. The van der Waals surface area contributed by atoms with E-state index >= 15 is 0 Å². The lowest BCUT2D eigenvalue weighted by Crippen LogP contribution is -2.47. The van der Waals surface area contributed by atoms with E-state index in [1.807, 2.05) is 25.5 Å². The van der Waals surface area contributed by atoms with Crippen LogP contribution in [0.25, 0.3) is 0 Å². The Kier molecular flexibility index (Phi) is 5.79. The second-order valence-electron chi connectivity index (χ2n) is 5.84. The summed E-state index contributed by atoms with van der Waals surface area (Å²) in [6.07, 6.45) is 1.32. The van der Waals surface area contributed by atoms with E-state index in [-0.39, 0.29) is 23.9 Å². The van der Waals surface area contributed by atoms with Gasteiger partial charge in [0.1, 0.15) is 0 Å². The molecule has 1 aliphatic heterocycles.